The normalized spacial score (nSPS) is 11.5. The predicted molar refractivity (Wildman–Crippen MR) is 25.0 cm³/mol. The van der Waals surface area contributed by atoms with Crippen LogP contribution in [0.4, 0.5) is 0 Å². The summed E-state index contributed by atoms with van der Waals surface area (Å²) in [5.41, 5.74) is -0.201. The van der Waals surface area contributed by atoms with E-state index >= 15 is 0 Å². The molecule has 0 aromatic heterocycles. The van der Waals surface area contributed by atoms with E-state index in [2.05, 4.69) is 0 Å². The summed E-state index contributed by atoms with van der Waals surface area (Å²) < 4.78 is 26.9. The van der Waals surface area contributed by atoms with Crippen molar-refractivity contribution in [3.63, 3.8) is 0 Å². The Labute approximate surface area is 37.5 Å². The summed E-state index contributed by atoms with van der Waals surface area (Å²) in [6, 6.07) is 0. The highest BCUT2D eigenvalue weighted by Crippen LogP contribution is 1.70. The third-order valence-electron chi connectivity index (χ3n) is 0.365. The maximum absolute atomic E-state index is 9.56. The van der Waals surface area contributed by atoms with Crippen LogP contribution in [0.3, 0.4) is 0 Å². The maximum atomic E-state index is 9.56. The van der Waals surface area contributed by atoms with Crippen molar-refractivity contribution in [2.24, 2.45) is 0 Å². The van der Waals surface area contributed by atoms with Crippen molar-refractivity contribution in [2.45, 2.75) is 0 Å². The van der Waals surface area contributed by atoms with Gasteiger partial charge in [-0.1, -0.05) is 0 Å². The minimum Gasteiger partial charge on any atom is -0.286 e. The van der Waals surface area contributed by atoms with Crippen molar-refractivity contribution >= 4 is 18.0 Å². The van der Waals surface area contributed by atoms with E-state index in [1.54, 1.807) is 0 Å². The average molecular weight is 108 g/mol. The minimum absolute atomic E-state index is 0.201. The Hall–Kier alpha value is -0.0251. The summed E-state index contributed by atoms with van der Waals surface area (Å²) in [6.45, 7) is 0. The molecule has 36 valence electrons. The van der Waals surface area contributed by atoms with Crippen molar-refractivity contribution < 1.29 is 13.0 Å². The molecular formula is CH5BO3S. The van der Waals surface area contributed by atoms with Crippen molar-refractivity contribution in [2.75, 3.05) is 5.65 Å². The van der Waals surface area contributed by atoms with Gasteiger partial charge in [-0.15, -0.1) is 0 Å². The minimum atomic E-state index is -3.66. The lowest BCUT2D eigenvalue weighted by molar-refractivity contribution is 0.488. The molecule has 0 bridgehead atoms. The van der Waals surface area contributed by atoms with Gasteiger partial charge in [-0.3, -0.25) is 4.55 Å². The van der Waals surface area contributed by atoms with Crippen molar-refractivity contribution in [3.8, 4) is 0 Å². The number of hydrogen-bond acceptors (Lipinski definition) is 2. The molecular weight excluding hydrogens is 103 g/mol. The van der Waals surface area contributed by atoms with Crippen LogP contribution in [-0.2, 0) is 10.1 Å². The topological polar surface area (TPSA) is 54.4 Å². The molecule has 0 spiro atoms. The maximum Gasteiger partial charge on any atom is 0.257 e. The molecule has 0 aromatic carbocycles. The zero-order valence-corrected chi connectivity index (χ0v) is 4.20. The van der Waals surface area contributed by atoms with Gasteiger partial charge >= 0.3 is 0 Å². The molecule has 0 saturated heterocycles. The lowest BCUT2D eigenvalue weighted by Gasteiger charge is -1.79. The van der Waals surface area contributed by atoms with E-state index in [4.69, 9.17) is 4.55 Å². The van der Waals surface area contributed by atoms with E-state index in [0.717, 1.165) is 0 Å². The Balaban J connectivity index is 3.85. The SMILES string of the molecule is BCS(=O)(=O)O. The van der Waals surface area contributed by atoms with Crippen LogP contribution in [0.1, 0.15) is 0 Å². The van der Waals surface area contributed by atoms with Gasteiger partial charge in [0.05, 0.1) is 0 Å². The van der Waals surface area contributed by atoms with Gasteiger partial charge in [-0.25, -0.2) is 8.42 Å². The van der Waals surface area contributed by atoms with Gasteiger partial charge in [-0.05, 0) is 0 Å². The largest absolute Gasteiger partial charge is 0.286 e. The predicted octanol–water partition coefficient (Wildman–Crippen LogP) is -1.54. The second-order valence-corrected chi connectivity index (χ2v) is 2.61. The van der Waals surface area contributed by atoms with Gasteiger partial charge in [0.15, 0.2) is 0 Å². The fourth-order valence-corrected chi connectivity index (χ4v) is 0. The van der Waals surface area contributed by atoms with Gasteiger partial charge < -0.3 is 0 Å². The lowest BCUT2D eigenvalue weighted by Crippen LogP contribution is -2.01. The molecule has 5 heteroatoms. The van der Waals surface area contributed by atoms with Gasteiger partial charge in [0.2, 0.25) is 0 Å². The number of rotatable bonds is 1. The first kappa shape index (κ1) is 5.97. The van der Waals surface area contributed by atoms with Gasteiger partial charge in [0.25, 0.3) is 10.1 Å². The number of hydrogen-bond donors (Lipinski definition) is 1. The summed E-state index contributed by atoms with van der Waals surface area (Å²) in [4.78, 5) is 0. The van der Waals surface area contributed by atoms with Crippen LogP contribution in [0.2, 0.25) is 0 Å². The van der Waals surface area contributed by atoms with Crippen molar-refractivity contribution in [1.82, 2.24) is 0 Å². The Kier molecular flexibility index (Phi) is 1.61. The van der Waals surface area contributed by atoms with Gasteiger partial charge in [0.1, 0.15) is 7.85 Å². The second kappa shape index (κ2) is 1.62. The monoisotopic (exact) mass is 108 g/mol. The first-order chi connectivity index (χ1) is 2.56. The van der Waals surface area contributed by atoms with E-state index < -0.39 is 10.1 Å². The molecule has 1 N–H and O–H groups in total. The first-order valence-electron chi connectivity index (χ1n) is 1.51. The van der Waals surface area contributed by atoms with Crippen molar-refractivity contribution in [1.29, 1.82) is 0 Å². The molecule has 3 nitrogen and oxygen atoms in total. The van der Waals surface area contributed by atoms with Crippen LogP contribution in [0.25, 0.3) is 0 Å². The summed E-state index contributed by atoms with van der Waals surface area (Å²) in [7, 11) is -2.29. The molecule has 0 saturated carbocycles. The molecule has 0 atom stereocenters. The van der Waals surface area contributed by atoms with Gasteiger partial charge in [-0.2, -0.15) is 0 Å². The zero-order chi connectivity index (χ0) is 5.21. The average Bonchev–Trinajstić information content (AvgIpc) is 1.35. The van der Waals surface area contributed by atoms with E-state index in [9.17, 15) is 8.42 Å². The molecule has 0 amide bonds. The Morgan fingerprint density at radius 1 is 1.67 bits per heavy atom. The molecule has 0 rings (SSSR count). The Morgan fingerprint density at radius 3 is 1.83 bits per heavy atom. The fraction of sp³-hybridized carbons (Fsp3) is 1.00. The third kappa shape index (κ3) is 3.97. The molecule has 0 radical (unpaired) electrons. The fourth-order valence-electron chi connectivity index (χ4n) is 0. The highest BCUT2D eigenvalue weighted by Gasteiger charge is 1.93. The van der Waals surface area contributed by atoms with Crippen LogP contribution in [0.15, 0.2) is 0 Å². The molecule has 0 aliphatic rings. The second-order valence-electron chi connectivity index (χ2n) is 0.871. The van der Waals surface area contributed by atoms with Crippen LogP contribution in [0.5, 0.6) is 0 Å². The third-order valence-corrected chi connectivity index (χ3v) is 1.09. The van der Waals surface area contributed by atoms with Gasteiger partial charge in [0, 0.05) is 5.65 Å². The van der Waals surface area contributed by atoms with Crippen LogP contribution >= 0.6 is 0 Å². The highest BCUT2D eigenvalue weighted by molar-refractivity contribution is 7.86. The molecule has 0 heterocycles. The first-order valence-corrected chi connectivity index (χ1v) is 3.12. The van der Waals surface area contributed by atoms with E-state index in [1.165, 1.54) is 7.85 Å². The Morgan fingerprint density at radius 2 is 1.83 bits per heavy atom. The summed E-state index contributed by atoms with van der Waals surface area (Å²) in [5, 5.41) is 0. The van der Waals surface area contributed by atoms with E-state index in [-0.39, 0.29) is 5.65 Å². The van der Waals surface area contributed by atoms with Crippen LogP contribution in [0, 0.1) is 0 Å². The molecule has 0 unspecified atom stereocenters. The quantitative estimate of drug-likeness (QED) is 0.327. The molecule has 0 aliphatic carbocycles. The highest BCUT2D eigenvalue weighted by atomic mass is 32.2. The van der Waals surface area contributed by atoms with Crippen LogP contribution < -0.4 is 0 Å². The Bertz CT molecular complexity index is 113. The van der Waals surface area contributed by atoms with Crippen molar-refractivity contribution in [3.05, 3.63) is 0 Å². The van der Waals surface area contributed by atoms with Crippen LogP contribution in [-0.4, -0.2) is 26.5 Å². The summed E-state index contributed by atoms with van der Waals surface area (Å²) in [6.07, 6.45) is 0. The lowest BCUT2D eigenvalue weighted by atomic mass is 10.2. The zero-order valence-electron chi connectivity index (χ0n) is 3.38. The standard InChI is InChI=1S/CH5BO3S/c2-1-6(3,4)5/h1-2H2,(H,3,4,5). The molecule has 0 aromatic rings. The molecule has 0 fully saturated rings. The van der Waals surface area contributed by atoms with E-state index in [1.807, 2.05) is 0 Å². The smallest absolute Gasteiger partial charge is 0.257 e. The molecule has 0 aliphatic heterocycles. The van der Waals surface area contributed by atoms with E-state index in [0.29, 0.717) is 0 Å². The molecule has 6 heavy (non-hydrogen) atoms. The summed E-state index contributed by atoms with van der Waals surface area (Å²) in [5.74, 6) is 0. The summed E-state index contributed by atoms with van der Waals surface area (Å²) >= 11 is 0.